The summed E-state index contributed by atoms with van der Waals surface area (Å²) in [6.45, 7) is 0. The Labute approximate surface area is 168 Å². The molecule has 9 heteroatoms. The molecule has 1 fully saturated rings. The number of nitrogen functional groups attached to an aromatic ring is 1. The first kappa shape index (κ1) is 18.9. The standard InChI is InChI=1S/C20H24N8O/c21-14-3-1-2-4-16(14)27-20-24-10-13(18(23)29)19(28-20)25-12-6-7-15-11(9-12)5-8-17(22)26-15/h5-10,14,16H,1-4,21H2,(H2,22,26)(H2,23,29)(H2,24,25,27,28)/t14-,16+/m0/s1. The third kappa shape index (κ3) is 4.19. The monoisotopic (exact) mass is 392 g/mol. The van der Waals surface area contributed by atoms with E-state index in [1.807, 2.05) is 24.3 Å². The number of rotatable bonds is 5. The molecule has 3 aromatic rings. The fraction of sp³-hybridized carbons (Fsp3) is 0.300. The van der Waals surface area contributed by atoms with Crippen molar-refractivity contribution >= 4 is 40.1 Å². The van der Waals surface area contributed by atoms with Gasteiger partial charge < -0.3 is 27.8 Å². The van der Waals surface area contributed by atoms with Crippen LogP contribution in [0.1, 0.15) is 36.0 Å². The average molecular weight is 392 g/mol. The Morgan fingerprint density at radius 1 is 1.10 bits per heavy atom. The maximum absolute atomic E-state index is 11.9. The Balaban J connectivity index is 1.62. The second-order valence-corrected chi connectivity index (χ2v) is 7.29. The normalized spacial score (nSPS) is 19.1. The van der Waals surface area contributed by atoms with Crippen LogP contribution in [-0.2, 0) is 0 Å². The summed E-state index contributed by atoms with van der Waals surface area (Å²) in [5, 5.41) is 7.37. The molecule has 1 saturated carbocycles. The molecule has 29 heavy (non-hydrogen) atoms. The zero-order valence-corrected chi connectivity index (χ0v) is 15.9. The minimum atomic E-state index is -0.608. The van der Waals surface area contributed by atoms with E-state index in [0.717, 1.165) is 42.3 Å². The van der Waals surface area contributed by atoms with Gasteiger partial charge in [0, 0.05) is 29.4 Å². The number of nitrogens with one attached hydrogen (secondary N) is 2. The highest BCUT2D eigenvalue weighted by Gasteiger charge is 2.23. The molecular weight excluding hydrogens is 368 g/mol. The minimum absolute atomic E-state index is 0.0556. The second kappa shape index (κ2) is 7.88. The highest BCUT2D eigenvalue weighted by atomic mass is 16.1. The highest BCUT2D eigenvalue weighted by molar-refractivity contribution is 5.98. The number of nitrogens with two attached hydrogens (primary N) is 3. The molecule has 1 aliphatic rings. The molecule has 2 heterocycles. The zero-order valence-electron chi connectivity index (χ0n) is 15.9. The van der Waals surface area contributed by atoms with Crippen LogP contribution < -0.4 is 27.8 Å². The molecule has 1 aromatic carbocycles. The molecule has 0 unspecified atom stereocenters. The summed E-state index contributed by atoms with van der Waals surface area (Å²) in [6.07, 6.45) is 5.61. The molecule has 1 aliphatic carbocycles. The van der Waals surface area contributed by atoms with E-state index < -0.39 is 5.91 Å². The SMILES string of the molecule is NC(=O)c1cnc(N[C@@H]2CCCC[C@@H]2N)nc1Nc1ccc2nc(N)ccc2c1. The quantitative estimate of drug-likeness (QED) is 0.442. The Morgan fingerprint density at radius 2 is 1.93 bits per heavy atom. The number of carbonyl (C=O) groups excluding carboxylic acids is 1. The van der Waals surface area contributed by atoms with Gasteiger partial charge in [-0.2, -0.15) is 4.98 Å². The van der Waals surface area contributed by atoms with Gasteiger partial charge in [0.15, 0.2) is 0 Å². The summed E-state index contributed by atoms with van der Waals surface area (Å²) in [6, 6.07) is 9.37. The highest BCUT2D eigenvalue weighted by Crippen LogP contribution is 2.25. The van der Waals surface area contributed by atoms with Crippen LogP contribution in [-0.4, -0.2) is 32.9 Å². The summed E-state index contributed by atoms with van der Waals surface area (Å²) < 4.78 is 0. The summed E-state index contributed by atoms with van der Waals surface area (Å²) in [5.41, 5.74) is 19.2. The molecule has 0 spiro atoms. The van der Waals surface area contributed by atoms with Crippen molar-refractivity contribution in [2.45, 2.75) is 37.8 Å². The number of amides is 1. The summed E-state index contributed by atoms with van der Waals surface area (Å²) >= 11 is 0. The third-order valence-corrected chi connectivity index (χ3v) is 5.16. The van der Waals surface area contributed by atoms with Gasteiger partial charge >= 0.3 is 0 Å². The van der Waals surface area contributed by atoms with E-state index in [2.05, 4.69) is 25.6 Å². The van der Waals surface area contributed by atoms with Gasteiger partial charge in [0.05, 0.1) is 5.52 Å². The van der Waals surface area contributed by atoms with Gasteiger partial charge in [-0.3, -0.25) is 4.79 Å². The van der Waals surface area contributed by atoms with E-state index in [0.29, 0.717) is 17.6 Å². The number of hydrogen-bond acceptors (Lipinski definition) is 8. The van der Waals surface area contributed by atoms with Gasteiger partial charge in [-0.1, -0.05) is 12.8 Å². The van der Waals surface area contributed by atoms with Gasteiger partial charge in [-0.25, -0.2) is 9.97 Å². The topological polar surface area (TPSA) is 158 Å². The first-order valence-electron chi connectivity index (χ1n) is 9.62. The minimum Gasteiger partial charge on any atom is -0.384 e. The summed E-state index contributed by atoms with van der Waals surface area (Å²) in [5.74, 6) is 0.600. The van der Waals surface area contributed by atoms with Crippen molar-refractivity contribution in [1.82, 2.24) is 15.0 Å². The van der Waals surface area contributed by atoms with Gasteiger partial charge in [0.25, 0.3) is 5.91 Å². The lowest BCUT2D eigenvalue weighted by molar-refractivity contribution is 0.100. The van der Waals surface area contributed by atoms with Crippen LogP contribution in [0.5, 0.6) is 0 Å². The van der Waals surface area contributed by atoms with Crippen molar-refractivity contribution in [2.24, 2.45) is 11.5 Å². The first-order valence-corrected chi connectivity index (χ1v) is 9.62. The Hall–Kier alpha value is -3.46. The molecule has 0 bridgehead atoms. The van der Waals surface area contributed by atoms with Crippen molar-refractivity contribution < 1.29 is 4.79 Å². The van der Waals surface area contributed by atoms with Crippen molar-refractivity contribution in [2.75, 3.05) is 16.4 Å². The number of fused-ring (bicyclic) bond motifs is 1. The van der Waals surface area contributed by atoms with Crippen molar-refractivity contribution in [3.63, 3.8) is 0 Å². The molecule has 2 atom stereocenters. The second-order valence-electron chi connectivity index (χ2n) is 7.29. The maximum atomic E-state index is 11.9. The van der Waals surface area contributed by atoms with E-state index >= 15 is 0 Å². The van der Waals surface area contributed by atoms with Crippen molar-refractivity contribution in [3.8, 4) is 0 Å². The van der Waals surface area contributed by atoms with Crippen LogP contribution in [0.3, 0.4) is 0 Å². The molecule has 150 valence electrons. The van der Waals surface area contributed by atoms with E-state index in [-0.39, 0.29) is 17.6 Å². The summed E-state index contributed by atoms with van der Waals surface area (Å²) in [4.78, 5) is 24.9. The van der Waals surface area contributed by atoms with Crippen LogP contribution in [0.25, 0.3) is 10.9 Å². The first-order chi connectivity index (χ1) is 14.0. The number of nitrogens with zero attached hydrogens (tertiary/aromatic N) is 3. The number of carbonyl (C=O) groups is 1. The average Bonchev–Trinajstić information content (AvgIpc) is 2.70. The predicted octanol–water partition coefficient (Wildman–Crippen LogP) is 2.13. The number of aromatic nitrogens is 3. The number of primary amides is 1. The van der Waals surface area contributed by atoms with Crippen LogP contribution >= 0.6 is 0 Å². The van der Waals surface area contributed by atoms with Gasteiger partial charge in [0.2, 0.25) is 5.95 Å². The van der Waals surface area contributed by atoms with Crippen LogP contribution in [0, 0.1) is 0 Å². The Kier molecular flexibility index (Phi) is 5.13. The van der Waals surface area contributed by atoms with E-state index in [1.54, 1.807) is 6.07 Å². The smallest absolute Gasteiger partial charge is 0.254 e. The number of anilines is 4. The van der Waals surface area contributed by atoms with E-state index in [1.165, 1.54) is 6.20 Å². The lowest BCUT2D eigenvalue weighted by atomic mass is 9.91. The van der Waals surface area contributed by atoms with Gasteiger partial charge in [-0.15, -0.1) is 0 Å². The molecule has 0 saturated heterocycles. The molecule has 1 amide bonds. The number of benzene rings is 1. The predicted molar refractivity (Wildman–Crippen MR) is 114 cm³/mol. The fourth-order valence-electron chi connectivity index (χ4n) is 3.59. The van der Waals surface area contributed by atoms with Crippen molar-refractivity contribution in [1.29, 1.82) is 0 Å². The maximum Gasteiger partial charge on any atom is 0.254 e. The number of hydrogen-bond donors (Lipinski definition) is 5. The third-order valence-electron chi connectivity index (χ3n) is 5.16. The molecule has 0 aliphatic heterocycles. The molecular formula is C20H24N8O. The van der Waals surface area contributed by atoms with Crippen LogP contribution in [0.15, 0.2) is 36.5 Å². The molecule has 2 aromatic heterocycles. The Bertz CT molecular complexity index is 1050. The summed E-state index contributed by atoms with van der Waals surface area (Å²) in [7, 11) is 0. The van der Waals surface area contributed by atoms with E-state index in [4.69, 9.17) is 17.2 Å². The Morgan fingerprint density at radius 3 is 2.72 bits per heavy atom. The van der Waals surface area contributed by atoms with Gasteiger partial charge in [-0.05, 0) is 43.2 Å². The van der Waals surface area contributed by atoms with Crippen LogP contribution in [0.4, 0.5) is 23.3 Å². The lowest BCUT2D eigenvalue weighted by Gasteiger charge is -2.29. The fourth-order valence-corrected chi connectivity index (χ4v) is 3.59. The molecule has 0 radical (unpaired) electrons. The van der Waals surface area contributed by atoms with E-state index in [9.17, 15) is 4.79 Å². The molecule has 4 rings (SSSR count). The largest absolute Gasteiger partial charge is 0.384 e. The number of pyridine rings is 1. The van der Waals surface area contributed by atoms with Gasteiger partial charge in [0.1, 0.15) is 17.2 Å². The molecule has 8 N–H and O–H groups in total. The lowest BCUT2D eigenvalue weighted by Crippen LogP contribution is -2.43. The zero-order chi connectivity index (χ0) is 20.4. The van der Waals surface area contributed by atoms with Crippen molar-refractivity contribution in [3.05, 3.63) is 42.1 Å². The van der Waals surface area contributed by atoms with Crippen LogP contribution in [0.2, 0.25) is 0 Å². The molecule has 9 nitrogen and oxygen atoms in total.